The zero-order valence-corrected chi connectivity index (χ0v) is 17.4. The van der Waals surface area contributed by atoms with Crippen molar-refractivity contribution in [3.8, 4) is 0 Å². The number of benzene rings is 2. The first kappa shape index (κ1) is 19.5. The summed E-state index contributed by atoms with van der Waals surface area (Å²) in [5.74, 6) is -0.0851. The molecule has 0 saturated carbocycles. The second-order valence-electron chi connectivity index (χ2n) is 6.94. The Balaban J connectivity index is 1.57. The molecule has 2 atom stereocenters. The van der Waals surface area contributed by atoms with Crippen molar-refractivity contribution in [1.29, 1.82) is 0 Å². The van der Waals surface area contributed by atoms with Gasteiger partial charge in [0.2, 0.25) is 0 Å². The van der Waals surface area contributed by atoms with Crippen LogP contribution in [0.1, 0.15) is 15.9 Å². The highest BCUT2D eigenvalue weighted by Crippen LogP contribution is 2.38. The standard InChI is InChI=1S/C20H19ClN2O3S2/c21-16-8-6-15(7-9-16)19(24)22-20-23(11-10-14-4-2-1-3-5-14)17-12-28(25,26)13-18(17)27-20/h1-9,17-18H,10-13H2. The van der Waals surface area contributed by atoms with E-state index in [1.165, 1.54) is 17.3 Å². The Morgan fingerprint density at radius 1 is 1.11 bits per heavy atom. The smallest absolute Gasteiger partial charge is 0.279 e. The molecule has 146 valence electrons. The van der Waals surface area contributed by atoms with Crippen LogP contribution in [-0.4, -0.2) is 53.7 Å². The van der Waals surface area contributed by atoms with E-state index in [1.807, 2.05) is 35.2 Å². The van der Waals surface area contributed by atoms with Gasteiger partial charge >= 0.3 is 0 Å². The fourth-order valence-electron chi connectivity index (χ4n) is 3.54. The SMILES string of the molecule is O=C(N=C1SC2CS(=O)(=O)CC2N1CCc1ccccc1)c1ccc(Cl)cc1. The number of halogens is 1. The molecule has 8 heteroatoms. The predicted molar refractivity (Wildman–Crippen MR) is 114 cm³/mol. The third-order valence-corrected chi connectivity index (χ3v) is 8.45. The lowest BCUT2D eigenvalue weighted by Gasteiger charge is -2.24. The molecule has 0 aliphatic carbocycles. The number of aliphatic imine (C=N–C) groups is 1. The molecule has 0 bridgehead atoms. The Hall–Kier alpha value is -1.83. The summed E-state index contributed by atoms with van der Waals surface area (Å²) in [7, 11) is -3.05. The first-order valence-corrected chi connectivity index (χ1v) is 12.1. The van der Waals surface area contributed by atoms with Crippen molar-refractivity contribution < 1.29 is 13.2 Å². The average Bonchev–Trinajstić information content (AvgIpc) is 3.12. The van der Waals surface area contributed by atoms with E-state index < -0.39 is 9.84 Å². The lowest BCUT2D eigenvalue weighted by Crippen LogP contribution is -2.39. The number of carbonyl (C=O) groups is 1. The summed E-state index contributed by atoms with van der Waals surface area (Å²) in [6, 6.07) is 16.5. The molecule has 2 saturated heterocycles. The number of hydrogen-bond donors (Lipinski definition) is 0. The van der Waals surface area contributed by atoms with Gasteiger partial charge in [-0.3, -0.25) is 4.79 Å². The number of nitrogens with zero attached hydrogens (tertiary/aromatic N) is 2. The third kappa shape index (κ3) is 4.26. The van der Waals surface area contributed by atoms with Crippen LogP contribution in [0, 0.1) is 0 Å². The van der Waals surface area contributed by atoms with Crippen molar-refractivity contribution in [3.05, 3.63) is 70.7 Å². The van der Waals surface area contributed by atoms with E-state index in [1.54, 1.807) is 24.3 Å². The second-order valence-corrected chi connectivity index (χ2v) is 10.7. The second kappa shape index (κ2) is 7.89. The number of thioether (sulfide) groups is 1. The summed E-state index contributed by atoms with van der Waals surface area (Å²) < 4.78 is 24.2. The molecule has 2 aromatic carbocycles. The maximum Gasteiger partial charge on any atom is 0.279 e. The van der Waals surface area contributed by atoms with Gasteiger partial charge in [-0.25, -0.2) is 8.42 Å². The van der Waals surface area contributed by atoms with Crippen LogP contribution in [0.2, 0.25) is 5.02 Å². The molecule has 0 radical (unpaired) electrons. The highest BCUT2D eigenvalue weighted by Gasteiger charge is 2.48. The zero-order chi connectivity index (χ0) is 19.7. The van der Waals surface area contributed by atoms with Crippen molar-refractivity contribution in [1.82, 2.24) is 4.90 Å². The molecule has 5 nitrogen and oxygen atoms in total. The van der Waals surface area contributed by atoms with Crippen LogP contribution >= 0.6 is 23.4 Å². The lowest BCUT2D eigenvalue weighted by atomic mass is 10.1. The highest BCUT2D eigenvalue weighted by molar-refractivity contribution is 8.15. The summed E-state index contributed by atoms with van der Waals surface area (Å²) in [5, 5.41) is 1.10. The first-order chi connectivity index (χ1) is 13.4. The number of hydrogen-bond acceptors (Lipinski definition) is 4. The Morgan fingerprint density at radius 3 is 2.54 bits per heavy atom. The molecule has 0 aromatic heterocycles. The molecule has 1 amide bonds. The van der Waals surface area contributed by atoms with E-state index in [4.69, 9.17) is 11.6 Å². The van der Waals surface area contributed by atoms with E-state index in [2.05, 4.69) is 4.99 Å². The van der Waals surface area contributed by atoms with Gasteiger partial charge in [0.25, 0.3) is 5.91 Å². The van der Waals surface area contributed by atoms with Crippen LogP contribution in [0.4, 0.5) is 0 Å². The number of carbonyl (C=O) groups excluding carboxylic acids is 1. The number of rotatable bonds is 4. The van der Waals surface area contributed by atoms with Crippen LogP contribution in [0.15, 0.2) is 59.6 Å². The molecule has 0 N–H and O–H groups in total. The molecule has 4 rings (SSSR count). The quantitative estimate of drug-likeness (QED) is 0.738. The normalized spacial score (nSPS) is 24.5. The van der Waals surface area contributed by atoms with Crippen molar-refractivity contribution >= 4 is 44.3 Å². The summed E-state index contributed by atoms with van der Waals surface area (Å²) in [6.07, 6.45) is 0.763. The van der Waals surface area contributed by atoms with Crippen LogP contribution in [0.5, 0.6) is 0 Å². The van der Waals surface area contributed by atoms with Gasteiger partial charge in [-0.15, -0.1) is 0 Å². The van der Waals surface area contributed by atoms with E-state index in [-0.39, 0.29) is 28.7 Å². The van der Waals surface area contributed by atoms with Crippen LogP contribution in [-0.2, 0) is 16.3 Å². The fraction of sp³-hybridized carbons (Fsp3) is 0.300. The van der Waals surface area contributed by atoms with Gasteiger partial charge < -0.3 is 4.90 Å². The molecular formula is C20H19ClN2O3S2. The third-order valence-electron chi connectivity index (χ3n) is 4.95. The van der Waals surface area contributed by atoms with Gasteiger partial charge in [-0.2, -0.15) is 4.99 Å². The Kier molecular flexibility index (Phi) is 5.49. The molecule has 0 spiro atoms. The Morgan fingerprint density at radius 2 is 1.82 bits per heavy atom. The summed E-state index contributed by atoms with van der Waals surface area (Å²) in [5.41, 5.74) is 1.63. The topological polar surface area (TPSA) is 66.8 Å². The Labute approximate surface area is 173 Å². The minimum absolute atomic E-state index is 0.0717. The number of sulfone groups is 1. The highest BCUT2D eigenvalue weighted by atomic mass is 35.5. The fourth-order valence-corrected chi connectivity index (χ4v) is 7.64. The molecule has 2 aliphatic rings. The number of amidine groups is 1. The summed E-state index contributed by atoms with van der Waals surface area (Å²) in [6.45, 7) is 0.625. The van der Waals surface area contributed by atoms with E-state index in [0.717, 1.165) is 6.42 Å². The zero-order valence-electron chi connectivity index (χ0n) is 15.0. The molecular weight excluding hydrogens is 416 g/mol. The van der Waals surface area contributed by atoms with Crippen molar-refractivity contribution in [2.45, 2.75) is 17.7 Å². The monoisotopic (exact) mass is 434 g/mol. The average molecular weight is 435 g/mol. The van der Waals surface area contributed by atoms with Crippen LogP contribution in [0.3, 0.4) is 0 Å². The van der Waals surface area contributed by atoms with Gasteiger partial charge in [0, 0.05) is 22.4 Å². The van der Waals surface area contributed by atoms with Crippen LogP contribution in [0.25, 0.3) is 0 Å². The molecule has 2 unspecified atom stereocenters. The van der Waals surface area contributed by atoms with Gasteiger partial charge in [0.15, 0.2) is 15.0 Å². The first-order valence-electron chi connectivity index (χ1n) is 8.97. The van der Waals surface area contributed by atoms with E-state index >= 15 is 0 Å². The molecule has 2 aromatic rings. The van der Waals surface area contributed by atoms with Gasteiger partial charge in [0.1, 0.15) is 0 Å². The minimum atomic E-state index is -3.05. The lowest BCUT2D eigenvalue weighted by molar-refractivity contribution is 0.100. The maximum atomic E-state index is 12.6. The van der Waals surface area contributed by atoms with E-state index in [0.29, 0.717) is 22.3 Å². The van der Waals surface area contributed by atoms with Crippen molar-refractivity contribution in [3.63, 3.8) is 0 Å². The largest absolute Gasteiger partial charge is 0.346 e. The maximum absolute atomic E-state index is 12.6. The number of fused-ring (bicyclic) bond motifs is 1. The van der Waals surface area contributed by atoms with Crippen molar-refractivity contribution in [2.75, 3.05) is 18.1 Å². The van der Waals surface area contributed by atoms with Gasteiger partial charge in [-0.1, -0.05) is 53.7 Å². The van der Waals surface area contributed by atoms with Gasteiger partial charge in [0.05, 0.1) is 17.5 Å². The minimum Gasteiger partial charge on any atom is -0.346 e. The summed E-state index contributed by atoms with van der Waals surface area (Å²) >= 11 is 7.29. The summed E-state index contributed by atoms with van der Waals surface area (Å²) in [4.78, 5) is 18.9. The molecule has 28 heavy (non-hydrogen) atoms. The van der Waals surface area contributed by atoms with Crippen LogP contribution < -0.4 is 0 Å². The molecule has 2 heterocycles. The van der Waals surface area contributed by atoms with Crippen molar-refractivity contribution in [2.24, 2.45) is 4.99 Å². The van der Waals surface area contributed by atoms with Gasteiger partial charge in [-0.05, 0) is 36.2 Å². The number of amides is 1. The molecule has 2 aliphatic heterocycles. The molecule has 2 fully saturated rings. The predicted octanol–water partition coefficient (Wildman–Crippen LogP) is 3.29. The van der Waals surface area contributed by atoms with E-state index in [9.17, 15) is 13.2 Å². The Bertz CT molecular complexity index is 1010.